The van der Waals surface area contributed by atoms with Gasteiger partial charge in [0.1, 0.15) is 0 Å². The Morgan fingerprint density at radius 1 is 0.395 bits per heavy atom. The van der Waals surface area contributed by atoms with E-state index in [2.05, 4.69) is 24.3 Å². The Kier molecular flexibility index (Phi) is 3.95. The summed E-state index contributed by atoms with van der Waals surface area (Å²) in [7, 11) is 0. The molecular formula is C34H20N2O2. The van der Waals surface area contributed by atoms with Gasteiger partial charge in [0.05, 0.1) is 0 Å². The number of nitrogen functional groups attached to an aromatic ring is 2. The summed E-state index contributed by atoms with van der Waals surface area (Å²) in [6.45, 7) is 0. The van der Waals surface area contributed by atoms with Crippen LogP contribution in [0.4, 0.5) is 11.4 Å². The summed E-state index contributed by atoms with van der Waals surface area (Å²) in [6, 6.07) is 31.1. The number of nitrogens with two attached hydrogens (primary N) is 2. The molecule has 4 N–H and O–H groups in total. The lowest BCUT2D eigenvalue weighted by Crippen LogP contribution is -2.11. The first kappa shape index (κ1) is 20.9. The van der Waals surface area contributed by atoms with E-state index in [0.29, 0.717) is 33.6 Å². The zero-order valence-electron chi connectivity index (χ0n) is 20.2. The van der Waals surface area contributed by atoms with Gasteiger partial charge in [-0.1, -0.05) is 48.5 Å². The predicted octanol–water partition coefficient (Wildman–Crippen LogP) is 7.25. The smallest absolute Gasteiger partial charge is 0.194 e. The Hall–Kier alpha value is -5.22. The number of carbonyl (C=O) groups excluding carboxylic acids is 2. The average Bonchev–Trinajstić information content (AvgIpc) is 2.95. The maximum absolute atomic E-state index is 13.3. The third-order valence-corrected chi connectivity index (χ3v) is 8.04. The number of ketones is 2. The number of carbonyl (C=O) groups is 2. The molecule has 178 valence electrons. The molecule has 6 aromatic carbocycles. The standard InChI is InChI=1S/C34H20N2O2/c35-29-11-9-23-31-25(19-5-1-3-7-21(19)33(23)37)13-17(15-27(29)31)18-14-26-20-6-2-4-8-22(20)34(38)24-10-12-30(36)28(16-18)32(24)26/h1-16H,35-36H2. The lowest BCUT2D eigenvalue weighted by molar-refractivity contribution is 0.103. The van der Waals surface area contributed by atoms with Crippen molar-refractivity contribution in [3.05, 3.63) is 119 Å². The van der Waals surface area contributed by atoms with E-state index < -0.39 is 0 Å². The maximum atomic E-state index is 13.3. The van der Waals surface area contributed by atoms with E-state index in [-0.39, 0.29) is 11.6 Å². The first-order valence-electron chi connectivity index (χ1n) is 12.5. The predicted molar refractivity (Wildman–Crippen MR) is 153 cm³/mol. The molecular weight excluding hydrogens is 468 g/mol. The van der Waals surface area contributed by atoms with Crippen molar-refractivity contribution in [2.24, 2.45) is 0 Å². The van der Waals surface area contributed by atoms with Crippen molar-refractivity contribution in [1.29, 1.82) is 0 Å². The molecule has 0 aromatic heterocycles. The molecule has 0 saturated heterocycles. The maximum Gasteiger partial charge on any atom is 0.194 e. The second kappa shape index (κ2) is 7.17. The molecule has 6 aromatic rings. The van der Waals surface area contributed by atoms with E-state index >= 15 is 0 Å². The van der Waals surface area contributed by atoms with Crippen molar-refractivity contribution in [2.45, 2.75) is 0 Å². The van der Waals surface area contributed by atoms with Crippen LogP contribution in [0.2, 0.25) is 0 Å². The molecule has 4 nitrogen and oxygen atoms in total. The zero-order valence-corrected chi connectivity index (χ0v) is 20.2. The van der Waals surface area contributed by atoms with Crippen LogP contribution in [0.15, 0.2) is 97.1 Å². The molecule has 0 unspecified atom stereocenters. The van der Waals surface area contributed by atoms with Crippen molar-refractivity contribution < 1.29 is 9.59 Å². The summed E-state index contributed by atoms with van der Waals surface area (Å²) < 4.78 is 0. The minimum atomic E-state index is 0.0163. The van der Waals surface area contributed by atoms with Gasteiger partial charge in [0.25, 0.3) is 0 Å². The van der Waals surface area contributed by atoms with E-state index in [1.165, 1.54) is 0 Å². The van der Waals surface area contributed by atoms with Gasteiger partial charge in [-0.3, -0.25) is 9.59 Å². The fourth-order valence-corrected chi connectivity index (χ4v) is 6.27. The Labute approximate surface area is 218 Å². The van der Waals surface area contributed by atoms with Crippen LogP contribution in [0, 0.1) is 0 Å². The summed E-state index contributed by atoms with van der Waals surface area (Å²) in [4.78, 5) is 26.7. The van der Waals surface area contributed by atoms with Gasteiger partial charge in [-0.15, -0.1) is 0 Å². The van der Waals surface area contributed by atoms with E-state index in [1.807, 2.05) is 72.8 Å². The fourth-order valence-electron chi connectivity index (χ4n) is 6.27. The zero-order chi connectivity index (χ0) is 25.7. The van der Waals surface area contributed by atoms with Gasteiger partial charge in [-0.25, -0.2) is 0 Å². The quantitative estimate of drug-likeness (QED) is 0.238. The van der Waals surface area contributed by atoms with Crippen molar-refractivity contribution in [2.75, 3.05) is 11.5 Å². The topological polar surface area (TPSA) is 86.2 Å². The minimum Gasteiger partial charge on any atom is -0.398 e. The van der Waals surface area contributed by atoms with Gasteiger partial charge in [0, 0.05) is 55.2 Å². The van der Waals surface area contributed by atoms with E-state index in [4.69, 9.17) is 11.5 Å². The molecule has 2 aliphatic rings. The Morgan fingerprint density at radius 3 is 1.21 bits per heavy atom. The molecule has 0 aliphatic heterocycles. The molecule has 2 aliphatic carbocycles. The summed E-state index contributed by atoms with van der Waals surface area (Å²) in [5.41, 5.74) is 22.7. The number of benzene rings is 6. The second-order valence-electron chi connectivity index (χ2n) is 10.0. The normalized spacial score (nSPS) is 13.1. The van der Waals surface area contributed by atoms with E-state index in [0.717, 1.165) is 54.9 Å². The lowest BCUT2D eigenvalue weighted by atomic mass is 9.79. The first-order chi connectivity index (χ1) is 18.5. The monoisotopic (exact) mass is 488 g/mol. The summed E-state index contributed by atoms with van der Waals surface area (Å²) in [6.07, 6.45) is 0. The molecule has 0 bridgehead atoms. The highest BCUT2D eigenvalue weighted by molar-refractivity contribution is 6.29. The van der Waals surface area contributed by atoms with E-state index in [1.54, 1.807) is 0 Å². The fraction of sp³-hybridized carbons (Fsp3) is 0. The molecule has 0 amide bonds. The molecule has 38 heavy (non-hydrogen) atoms. The van der Waals surface area contributed by atoms with Crippen LogP contribution in [-0.4, -0.2) is 11.6 Å². The van der Waals surface area contributed by atoms with Crippen molar-refractivity contribution in [3.8, 4) is 33.4 Å². The van der Waals surface area contributed by atoms with Crippen LogP contribution < -0.4 is 11.5 Å². The number of hydrogen-bond donors (Lipinski definition) is 2. The summed E-state index contributed by atoms with van der Waals surface area (Å²) >= 11 is 0. The van der Waals surface area contributed by atoms with Crippen LogP contribution in [-0.2, 0) is 0 Å². The minimum absolute atomic E-state index is 0.0163. The van der Waals surface area contributed by atoms with Crippen LogP contribution in [0.5, 0.6) is 0 Å². The van der Waals surface area contributed by atoms with Crippen molar-refractivity contribution in [1.82, 2.24) is 0 Å². The molecule has 0 fully saturated rings. The highest BCUT2D eigenvalue weighted by Crippen LogP contribution is 2.47. The lowest BCUT2D eigenvalue weighted by Gasteiger charge is -2.24. The van der Waals surface area contributed by atoms with Gasteiger partial charge < -0.3 is 11.5 Å². The highest BCUT2D eigenvalue weighted by Gasteiger charge is 2.28. The number of anilines is 2. The van der Waals surface area contributed by atoms with Gasteiger partial charge in [-0.2, -0.15) is 0 Å². The third-order valence-electron chi connectivity index (χ3n) is 8.04. The van der Waals surface area contributed by atoms with Crippen LogP contribution in [0.25, 0.3) is 54.9 Å². The van der Waals surface area contributed by atoms with Crippen LogP contribution in [0.1, 0.15) is 31.8 Å². The molecule has 0 atom stereocenters. The molecule has 0 saturated carbocycles. The van der Waals surface area contributed by atoms with Gasteiger partial charge in [-0.05, 0) is 81.9 Å². The summed E-state index contributed by atoms with van der Waals surface area (Å²) in [5, 5.41) is 3.47. The Morgan fingerprint density at radius 2 is 0.789 bits per heavy atom. The number of hydrogen-bond acceptors (Lipinski definition) is 4. The Balaban J connectivity index is 1.49. The van der Waals surface area contributed by atoms with Crippen LogP contribution >= 0.6 is 0 Å². The SMILES string of the molecule is Nc1ccc2c3c(cc(-c4cc5c6c(ccc(N)c6c4)C(=O)c4ccccc4-5)cc13)-c1ccccc1C2=O. The van der Waals surface area contributed by atoms with Gasteiger partial charge in [0.2, 0.25) is 0 Å². The molecule has 4 heteroatoms. The van der Waals surface area contributed by atoms with Crippen molar-refractivity contribution >= 4 is 44.5 Å². The van der Waals surface area contributed by atoms with Crippen molar-refractivity contribution in [3.63, 3.8) is 0 Å². The van der Waals surface area contributed by atoms with Gasteiger partial charge in [0.15, 0.2) is 11.6 Å². The Bertz CT molecular complexity index is 1940. The average molecular weight is 489 g/mol. The second-order valence-corrected chi connectivity index (χ2v) is 10.0. The molecule has 0 heterocycles. The first-order valence-corrected chi connectivity index (χ1v) is 12.5. The van der Waals surface area contributed by atoms with Gasteiger partial charge >= 0.3 is 0 Å². The number of rotatable bonds is 1. The number of fused-ring (bicyclic) bond motifs is 4. The highest BCUT2D eigenvalue weighted by atomic mass is 16.1. The molecule has 0 radical (unpaired) electrons. The third kappa shape index (κ3) is 2.58. The summed E-state index contributed by atoms with van der Waals surface area (Å²) in [5.74, 6) is 0.0325. The molecule has 0 spiro atoms. The molecule has 8 rings (SSSR count). The largest absolute Gasteiger partial charge is 0.398 e. The van der Waals surface area contributed by atoms with E-state index in [9.17, 15) is 9.59 Å². The van der Waals surface area contributed by atoms with Crippen LogP contribution in [0.3, 0.4) is 0 Å².